The van der Waals surface area contributed by atoms with Crippen LogP contribution in [0.25, 0.3) is 16.8 Å². The lowest BCUT2D eigenvalue weighted by molar-refractivity contribution is -0.113. The van der Waals surface area contributed by atoms with Crippen LogP contribution in [0, 0.1) is 18.3 Å². The van der Waals surface area contributed by atoms with Crippen LogP contribution in [0.2, 0.25) is 0 Å². The number of allylic oxidation sites excluding steroid dienone is 1. The Balaban J connectivity index is 1.55. The second-order valence-electron chi connectivity index (χ2n) is 9.96. The molecule has 1 atom stereocenters. The summed E-state index contributed by atoms with van der Waals surface area (Å²) in [5.74, 6) is 0.193. The van der Waals surface area contributed by atoms with Gasteiger partial charge < -0.3 is 10.1 Å². The number of para-hydroxylation sites is 1. The van der Waals surface area contributed by atoms with Crippen molar-refractivity contribution in [3.05, 3.63) is 139 Å². The van der Waals surface area contributed by atoms with Gasteiger partial charge in [0.25, 0.3) is 11.5 Å². The molecule has 1 amide bonds. The molecule has 1 aliphatic heterocycles. The highest BCUT2D eigenvalue weighted by Crippen LogP contribution is 2.32. The van der Waals surface area contributed by atoms with E-state index < -0.39 is 6.04 Å². The van der Waals surface area contributed by atoms with Crippen LogP contribution in [-0.2, 0) is 4.79 Å². The molecule has 6 rings (SSSR count). The average Bonchev–Trinajstić information content (AvgIpc) is 3.30. The van der Waals surface area contributed by atoms with Crippen molar-refractivity contribution in [3.8, 4) is 11.8 Å². The van der Waals surface area contributed by atoms with Gasteiger partial charge in [0.1, 0.15) is 11.8 Å². The SMILES string of the molecule is CC1=C(C(=O)Nc2ccccc2)[C@@H](c2ccc(C)cc2)n2c(s/c(=C\c3c(OCC#N)ccc4ccccc34)c2=O)=N1. The van der Waals surface area contributed by atoms with Crippen LogP contribution in [-0.4, -0.2) is 17.1 Å². The third-order valence-corrected chi connectivity index (χ3v) is 8.17. The standard InChI is InChI=1S/C34H26N4O3S/c1-21-12-14-24(15-13-21)31-30(32(39)37-25-9-4-3-5-10-25)22(2)36-34-38(31)33(40)29(42-34)20-27-26-11-7-6-8-23(26)16-17-28(27)41-19-18-35/h3-17,20,31H,19H2,1-2H3,(H,37,39)/b29-20-/t31-/m1/s1. The van der Waals surface area contributed by atoms with E-state index in [-0.39, 0.29) is 18.1 Å². The Morgan fingerprint density at radius 1 is 1.02 bits per heavy atom. The minimum atomic E-state index is -0.672. The van der Waals surface area contributed by atoms with E-state index in [4.69, 9.17) is 15.0 Å². The van der Waals surface area contributed by atoms with Crippen molar-refractivity contribution in [1.29, 1.82) is 5.26 Å². The fourth-order valence-corrected chi connectivity index (χ4v) is 6.22. The maximum absolute atomic E-state index is 14.2. The molecule has 0 saturated carbocycles. The number of carbonyl (C=O) groups excluding carboxylic acids is 1. The van der Waals surface area contributed by atoms with E-state index in [2.05, 4.69) is 5.32 Å². The highest BCUT2D eigenvalue weighted by Gasteiger charge is 2.32. The number of hydrogen-bond acceptors (Lipinski definition) is 6. The molecular weight excluding hydrogens is 544 g/mol. The molecule has 0 spiro atoms. The number of fused-ring (bicyclic) bond motifs is 2. The lowest BCUT2D eigenvalue weighted by Gasteiger charge is -2.25. The molecule has 0 unspecified atom stereocenters. The summed E-state index contributed by atoms with van der Waals surface area (Å²) in [6, 6.07) is 30.0. The monoisotopic (exact) mass is 570 g/mol. The molecule has 1 aromatic heterocycles. The topological polar surface area (TPSA) is 96.5 Å². The zero-order chi connectivity index (χ0) is 29.2. The van der Waals surface area contributed by atoms with Crippen molar-refractivity contribution in [2.45, 2.75) is 19.9 Å². The van der Waals surface area contributed by atoms with Crippen molar-refractivity contribution in [2.24, 2.45) is 4.99 Å². The first-order chi connectivity index (χ1) is 20.4. The minimum Gasteiger partial charge on any atom is -0.478 e. The first kappa shape index (κ1) is 26.9. The number of nitriles is 1. The quantitative estimate of drug-likeness (QED) is 0.302. The van der Waals surface area contributed by atoms with Crippen molar-refractivity contribution >= 4 is 39.8 Å². The predicted octanol–water partition coefficient (Wildman–Crippen LogP) is 5.24. The number of aromatic nitrogens is 1. The summed E-state index contributed by atoms with van der Waals surface area (Å²) < 4.78 is 7.80. The number of nitrogens with zero attached hydrogens (tertiary/aromatic N) is 3. The number of aryl methyl sites for hydroxylation is 1. The van der Waals surface area contributed by atoms with Crippen LogP contribution in [0.5, 0.6) is 5.75 Å². The van der Waals surface area contributed by atoms with Crippen LogP contribution in [0.3, 0.4) is 0 Å². The fraction of sp³-hybridized carbons (Fsp3) is 0.118. The molecule has 1 aliphatic rings. The summed E-state index contributed by atoms with van der Waals surface area (Å²) in [5.41, 5.74) is 3.94. The van der Waals surface area contributed by atoms with Crippen LogP contribution < -0.4 is 24.9 Å². The van der Waals surface area contributed by atoms with Gasteiger partial charge in [-0.15, -0.1) is 0 Å². The largest absolute Gasteiger partial charge is 0.478 e. The zero-order valence-corrected chi connectivity index (χ0v) is 23.8. The first-order valence-corrected chi connectivity index (χ1v) is 14.2. The van der Waals surface area contributed by atoms with Gasteiger partial charge >= 0.3 is 0 Å². The molecule has 42 heavy (non-hydrogen) atoms. The zero-order valence-electron chi connectivity index (χ0n) is 23.0. The maximum atomic E-state index is 14.2. The summed E-state index contributed by atoms with van der Waals surface area (Å²) in [6.45, 7) is 3.68. The van der Waals surface area contributed by atoms with Crippen molar-refractivity contribution < 1.29 is 9.53 Å². The number of carbonyl (C=O) groups is 1. The predicted molar refractivity (Wildman–Crippen MR) is 165 cm³/mol. The van der Waals surface area contributed by atoms with E-state index in [0.29, 0.717) is 37.6 Å². The second-order valence-corrected chi connectivity index (χ2v) is 11.0. The molecule has 4 aromatic carbocycles. The Kier molecular flexibility index (Phi) is 7.26. The van der Waals surface area contributed by atoms with Gasteiger partial charge in [-0.1, -0.05) is 89.7 Å². The van der Waals surface area contributed by atoms with E-state index in [9.17, 15) is 9.59 Å². The molecular formula is C34H26N4O3S. The molecule has 0 radical (unpaired) electrons. The molecule has 0 aliphatic carbocycles. The Labute approximate surface area is 246 Å². The van der Waals surface area contributed by atoms with Crippen molar-refractivity contribution in [2.75, 3.05) is 11.9 Å². The number of anilines is 1. The van der Waals surface area contributed by atoms with Gasteiger partial charge in [0, 0.05) is 11.3 Å². The number of amides is 1. The van der Waals surface area contributed by atoms with Gasteiger partial charge in [-0.05, 0) is 54.5 Å². The van der Waals surface area contributed by atoms with Crippen molar-refractivity contribution in [1.82, 2.24) is 4.57 Å². The van der Waals surface area contributed by atoms with E-state index in [1.807, 2.05) is 104 Å². The second kappa shape index (κ2) is 11.3. The molecule has 2 heterocycles. The number of benzene rings is 4. The van der Waals surface area contributed by atoms with Gasteiger partial charge in [-0.3, -0.25) is 14.2 Å². The van der Waals surface area contributed by atoms with E-state index >= 15 is 0 Å². The highest BCUT2D eigenvalue weighted by atomic mass is 32.1. The maximum Gasteiger partial charge on any atom is 0.271 e. The highest BCUT2D eigenvalue weighted by molar-refractivity contribution is 7.07. The van der Waals surface area contributed by atoms with E-state index in [0.717, 1.165) is 21.9 Å². The molecule has 8 heteroatoms. The van der Waals surface area contributed by atoms with E-state index in [1.165, 1.54) is 11.3 Å². The Bertz CT molecular complexity index is 2090. The Hall–Kier alpha value is -5.26. The van der Waals surface area contributed by atoms with Gasteiger partial charge in [-0.25, -0.2) is 4.99 Å². The Morgan fingerprint density at radius 2 is 1.76 bits per heavy atom. The number of hydrogen-bond donors (Lipinski definition) is 1. The molecule has 1 N–H and O–H groups in total. The number of ether oxygens (including phenoxy) is 1. The summed E-state index contributed by atoms with van der Waals surface area (Å²) in [6.07, 6.45) is 1.80. The summed E-state index contributed by atoms with van der Waals surface area (Å²) in [4.78, 5) is 33.2. The van der Waals surface area contributed by atoms with Crippen LogP contribution >= 0.6 is 11.3 Å². The molecule has 5 aromatic rings. The van der Waals surface area contributed by atoms with Crippen LogP contribution in [0.4, 0.5) is 5.69 Å². The molecule has 0 fully saturated rings. The third-order valence-electron chi connectivity index (χ3n) is 7.19. The first-order valence-electron chi connectivity index (χ1n) is 13.4. The molecule has 0 saturated heterocycles. The summed E-state index contributed by atoms with van der Waals surface area (Å²) in [7, 11) is 0. The smallest absolute Gasteiger partial charge is 0.271 e. The summed E-state index contributed by atoms with van der Waals surface area (Å²) >= 11 is 1.26. The fourth-order valence-electron chi connectivity index (χ4n) is 5.19. The lowest BCUT2D eigenvalue weighted by Crippen LogP contribution is -2.40. The minimum absolute atomic E-state index is 0.118. The van der Waals surface area contributed by atoms with Crippen molar-refractivity contribution in [3.63, 3.8) is 0 Å². The summed E-state index contributed by atoms with van der Waals surface area (Å²) in [5, 5.41) is 14.0. The third kappa shape index (κ3) is 5.02. The Morgan fingerprint density at radius 3 is 2.52 bits per heavy atom. The number of nitrogens with one attached hydrogen (secondary N) is 1. The number of thiazole rings is 1. The molecule has 206 valence electrons. The van der Waals surface area contributed by atoms with Gasteiger partial charge in [0.15, 0.2) is 11.4 Å². The lowest BCUT2D eigenvalue weighted by atomic mass is 9.94. The van der Waals surface area contributed by atoms with Crippen LogP contribution in [0.15, 0.2) is 112 Å². The van der Waals surface area contributed by atoms with Gasteiger partial charge in [0.2, 0.25) is 0 Å². The van der Waals surface area contributed by atoms with E-state index in [1.54, 1.807) is 17.6 Å². The average molecular weight is 571 g/mol. The number of rotatable bonds is 6. The van der Waals surface area contributed by atoms with Gasteiger partial charge in [0.05, 0.1) is 21.8 Å². The molecule has 0 bridgehead atoms. The van der Waals surface area contributed by atoms with Gasteiger partial charge in [-0.2, -0.15) is 5.26 Å². The molecule has 7 nitrogen and oxygen atoms in total. The van der Waals surface area contributed by atoms with Crippen LogP contribution in [0.1, 0.15) is 29.7 Å². The normalized spacial score (nSPS) is 14.7.